The predicted octanol–water partition coefficient (Wildman–Crippen LogP) is 3.63. The number of Topliss-reactive ketones (excluding diaryl/α,β-unsaturated/α-hetero) is 1. The lowest BCUT2D eigenvalue weighted by Gasteiger charge is -2.37. The third kappa shape index (κ3) is 3.38. The lowest BCUT2D eigenvalue weighted by atomic mass is 9.70. The van der Waals surface area contributed by atoms with Gasteiger partial charge in [0.2, 0.25) is 5.91 Å². The Labute approximate surface area is 155 Å². The highest BCUT2D eigenvalue weighted by atomic mass is 16.5. The molecule has 0 bridgehead atoms. The molecule has 0 N–H and O–H groups in total. The SMILES string of the molecule is C=CC[C@@]1(C(=O)N2CCC[C@H]2COC)C=C(c2ccccc2)CCC1=O. The first-order valence-electron chi connectivity index (χ1n) is 9.33. The van der Waals surface area contributed by atoms with E-state index in [9.17, 15) is 9.59 Å². The summed E-state index contributed by atoms with van der Waals surface area (Å²) in [5.41, 5.74) is 1.03. The van der Waals surface area contributed by atoms with E-state index in [-0.39, 0.29) is 17.7 Å². The zero-order chi connectivity index (χ0) is 18.6. The second-order valence-electron chi connectivity index (χ2n) is 7.17. The summed E-state index contributed by atoms with van der Waals surface area (Å²) in [4.78, 5) is 28.4. The molecule has 4 nitrogen and oxygen atoms in total. The van der Waals surface area contributed by atoms with Gasteiger partial charge in [-0.1, -0.05) is 42.5 Å². The Morgan fingerprint density at radius 3 is 2.81 bits per heavy atom. The molecule has 1 saturated heterocycles. The van der Waals surface area contributed by atoms with Gasteiger partial charge < -0.3 is 9.64 Å². The lowest BCUT2D eigenvalue weighted by Crippen LogP contribution is -2.51. The number of likely N-dealkylation sites (tertiary alicyclic amines) is 1. The summed E-state index contributed by atoms with van der Waals surface area (Å²) in [6.45, 7) is 5.02. The van der Waals surface area contributed by atoms with Gasteiger partial charge in [-0.15, -0.1) is 6.58 Å². The number of allylic oxidation sites excluding steroid dienone is 2. The standard InChI is InChI=1S/C22H27NO3/c1-3-13-22(21(25)23-14-7-10-19(23)16-26-2)15-18(11-12-20(22)24)17-8-5-4-6-9-17/h3-6,8-9,15,19H,1,7,10-14,16H2,2H3/t19-,22+/m0/s1. The van der Waals surface area contributed by atoms with Crippen molar-refractivity contribution in [2.75, 3.05) is 20.3 Å². The molecule has 0 radical (unpaired) electrons. The van der Waals surface area contributed by atoms with Gasteiger partial charge in [-0.05, 0) is 36.8 Å². The lowest BCUT2D eigenvalue weighted by molar-refractivity contribution is -0.148. The number of rotatable bonds is 6. The Morgan fingerprint density at radius 1 is 1.35 bits per heavy atom. The van der Waals surface area contributed by atoms with E-state index < -0.39 is 5.41 Å². The molecule has 1 aromatic rings. The van der Waals surface area contributed by atoms with Crippen LogP contribution in [-0.2, 0) is 14.3 Å². The Morgan fingerprint density at radius 2 is 2.12 bits per heavy atom. The first kappa shape index (κ1) is 18.6. The number of benzene rings is 1. The smallest absolute Gasteiger partial charge is 0.240 e. The number of hydrogen-bond donors (Lipinski definition) is 0. The average Bonchev–Trinajstić information content (AvgIpc) is 3.12. The highest BCUT2D eigenvalue weighted by Crippen LogP contribution is 2.41. The van der Waals surface area contributed by atoms with Crippen LogP contribution in [0.1, 0.15) is 37.7 Å². The summed E-state index contributed by atoms with van der Waals surface area (Å²) in [5.74, 6) is -0.0831. The third-order valence-corrected chi connectivity index (χ3v) is 5.53. The van der Waals surface area contributed by atoms with Crippen molar-refractivity contribution < 1.29 is 14.3 Å². The van der Waals surface area contributed by atoms with Crippen LogP contribution >= 0.6 is 0 Å². The number of ketones is 1. The number of carbonyl (C=O) groups excluding carboxylic acids is 2. The van der Waals surface area contributed by atoms with Crippen molar-refractivity contribution in [1.82, 2.24) is 4.90 Å². The van der Waals surface area contributed by atoms with Crippen LogP contribution in [0.4, 0.5) is 0 Å². The topological polar surface area (TPSA) is 46.6 Å². The summed E-state index contributed by atoms with van der Waals surface area (Å²) in [6, 6.07) is 10.1. The maximum atomic E-state index is 13.5. The van der Waals surface area contributed by atoms with Gasteiger partial charge in [0.05, 0.1) is 12.6 Å². The van der Waals surface area contributed by atoms with Gasteiger partial charge in [0.1, 0.15) is 5.41 Å². The minimum atomic E-state index is -1.12. The van der Waals surface area contributed by atoms with Crippen LogP contribution in [0, 0.1) is 5.41 Å². The molecule has 1 aliphatic carbocycles. The summed E-state index contributed by atoms with van der Waals surface area (Å²) >= 11 is 0. The average molecular weight is 353 g/mol. The van der Waals surface area contributed by atoms with E-state index in [2.05, 4.69) is 6.58 Å². The normalized spacial score (nSPS) is 25.9. The van der Waals surface area contributed by atoms with Crippen LogP contribution in [0.3, 0.4) is 0 Å². The van der Waals surface area contributed by atoms with E-state index in [1.807, 2.05) is 41.3 Å². The van der Waals surface area contributed by atoms with Crippen LogP contribution < -0.4 is 0 Å². The fourth-order valence-corrected chi connectivity index (χ4v) is 4.19. The summed E-state index contributed by atoms with van der Waals surface area (Å²) in [7, 11) is 1.65. The molecular formula is C22H27NO3. The first-order chi connectivity index (χ1) is 12.6. The van der Waals surface area contributed by atoms with Crippen LogP contribution in [0.25, 0.3) is 5.57 Å². The van der Waals surface area contributed by atoms with Crippen LogP contribution in [-0.4, -0.2) is 42.9 Å². The molecule has 2 aliphatic rings. The predicted molar refractivity (Wildman–Crippen MR) is 103 cm³/mol. The summed E-state index contributed by atoms with van der Waals surface area (Å²) in [6.07, 6.45) is 6.90. The number of nitrogens with zero attached hydrogens (tertiary/aromatic N) is 1. The Balaban J connectivity index is 2.00. The van der Waals surface area contributed by atoms with Crippen molar-refractivity contribution in [3.05, 3.63) is 54.6 Å². The largest absolute Gasteiger partial charge is 0.383 e. The fraction of sp³-hybridized carbons (Fsp3) is 0.455. The maximum Gasteiger partial charge on any atom is 0.240 e. The first-order valence-corrected chi connectivity index (χ1v) is 9.33. The Bertz CT molecular complexity index is 709. The molecule has 138 valence electrons. The van der Waals surface area contributed by atoms with E-state index in [4.69, 9.17) is 4.74 Å². The van der Waals surface area contributed by atoms with Crippen LogP contribution in [0.2, 0.25) is 0 Å². The van der Waals surface area contributed by atoms with Crippen molar-refractivity contribution in [1.29, 1.82) is 0 Å². The van der Waals surface area contributed by atoms with Crippen molar-refractivity contribution in [2.45, 2.75) is 38.1 Å². The molecule has 3 rings (SSSR count). The van der Waals surface area contributed by atoms with Gasteiger partial charge in [0, 0.05) is 20.1 Å². The van der Waals surface area contributed by atoms with E-state index in [0.717, 1.165) is 24.0 Å². The van der Waals surface area contributed by atoms with E-state index in [1.165, 1.54) is 0 Å². The van der Waals surface area contributed by atoms with E-state index >= 15 is 0 Å². The molecule has 1 aliphatic heterocycles. The second kappa shape index (κ2) is 8.00. The number of hydrogen-bond acceptors (Lipinski definition) is 3. The molecule has 1 aromatic carbocycles. The fourth-order valence-electron chi connectivity index (χ4n) is 4.19. The van der Waals surface area contributed by atoms with Crippen molar-refractivity contribution in [2.24, 2.45) is 5.41 Å². The minimum Gasteiger partial charge on any atom is -0.383 e. The van der Waals surface area contributed by atoms with Gasteiger partial charge in [0.25, 0.3) is 0 Å². The summed E-state index contributed by atoms with van der Waals surface area (Å²) in [5, 5.41) is 0. The monoisotopic (exact) mass is 353 g/mol. The van der Waals surface area contributed by atoms with Gasteiger partial charge >= 0.3 is 0 Å². The van der Waals surface area contributed by atoms with Gasteiger partial charge in [-0.3, -0.25) is 9.59 Å². The minimum absolute atomic E-state index is 0.00477. The highest BCUT2D eigenvalue weighted by molar-refractivity contribution is 6.11. The second-order valence-corrected chi connectivity index (χ2v) is 7.17. The molecule has 0 unspecified atom stereocenters. The van der Waals surface area contributed by atoms with Gasteiger partial charge in [0.15, 0.2) is 5.78 Å². The molecule has 1 heterocycles. The van der Waals surface area contributed by atoms with Gasteiger partial charge in [-0.25, -0.2) is 0 Å². The summed E-state index contributed by atoms with van der Waals surface area (Å²) < 4.78 is 5.29. The molecule has 4 heteroatoms. The Kier molecular flexibility index (Phi) is 5.72. The quantitative estimate of drug-likeness (QED) is 0.579. The van der Waals surface area contributed by atoms with Crippen molar-refractivity contribution in [3.63, 3.8) is 0 Å². The molecule has 0 saturated carbocycles. The van der Waals surface area contributed by atoms with Crippen molar-refractivity contribution >= 4 is 17.3 Å². The van der Waals surface area contributed by atoms with Crippen LogP contribution in [0.15, 0.2) is 49.1 Å². The molecular weight excluding hydrogens is 326 g/mol. The molecule has 2 atom stereocenters. The molecule has 0 aromatic heterocycles. The zero-order valence-corrected chi connectivity index (χ0v) is 15.4. The number of amides is 1. The maximum absolute atomic E-state index is 13.5. The molecule has 1 amide bonds. The number of carbonyl (C=O) groups is 2. The molecule has 0 spiro atoms. The van der Waals surface area contributed by atoms with E-state index in [0.29, 0.717) is 32.4 Å². The van der Waals surface area contributed by atoms with Crippen LogP contribution in [0.5, 0.6) is 0 Å². The molecule has 26 heavy (non-hydrogen) atoms. The third-order valence-electron chi connectivity index (χ3n) is 5.53. The molecule has 1 fully saturated rings. The van der Waals surface area contributed by atoms with E-state index in [1.54, 1.807) is 13.2 Å². The van der Waals surface area contributed by atoms with Gasteiger partial charge in [-0.2, -0.15) is 0 Å². The number of ether oxygens (including phenoxy) is 1. The number of methoxy groups -OCH3 is 1. The Hall–Kier alpha value is -2.20. The van der Waals surface area contributed by atoms with Crippen molar-refractivity contribution in [3.8, 4) is 0 Å². The highest BCUT2D eigenvalue weighted by Gasteiger charge is 2.48. The zero-order valence-electron chi connectivity index (χ0n) is 15.4.